The Morgan fingerprint density at radius 1 is 1.30 bits per heavy atom. The molecule has 7 nitrogen and oxygen atoms in total. The summed E-state index contributed by atoms with van der Waals surface area (Å²) in [5, 5.41) is 2.84. The Bertz CT molecular complexity index is 782. The molecule has 1 aromatic heterocycles. The van der Waals surface area contributed by atoms with Gasteiger partial charge in [-0.2, -0.15) is 0 Å². The van der Waals surface area contributed by atoms with E-state index in [1.807, 2.05) is 17.9 Å². The lowest BCUT2D eigenvalue weighted by Gasteiger charge is -2.43. The summed E-state index contributed by atoms with van der Waals surface area (Å²) in [6.45, 7) is 6.15. The number of hydrogen-bond donors (Lipinski definition) is 1. The number of amides is 3. The van der Waals surface area contributed by atoms with E-state index in [9.17, 15) is 14.4 Å². The molecule has 1 aromatic rings. The minimum atomic E-state index is -0.388. The Morgan fingerprint density at radius 2 is 2.04 bits per heavy atom. The van der Waals surface area contributed by atoms with Gasteiger partial charge in [0.15, 0.2) is 0 Å². The first kappa shape index (κ1) is 18.4. The lowest BCUT2D eigenvalue weighted by molar-refractivity contribution is -0.138. The number of likely N-dealkylation sites (tertiary alicyclic amines) is 1. The Kier molecular flexibility index (Phi) is 4.71. The van der Waals surface area contributed by atoms with Crippen LogP contribution in [0.4, 0.5) is 0 Å². The van der Waals surface area contributed by atoms with E-state index >= 15 is 0 Å². The van der Waals surface area contributed by atoms with Gasteiger partial charge in [-0.15, -0.1) is 11.3 Å². The van der Waals surface area contributed by atoms with Gasteiger partial charge in [-0.05, 0) is 31.4 Å². The molecule has 8 heteroatoms. The number of thiophene rings is 1. The fourth-order valence-electron chi connectivity index (χ4n) is 4.36. The van der Waals surface area contributed by atoms with Gasteiger partial charge in [-0.3, -0.25) is 14.4 Å². The number of hydrogen-bond acceptors (Lipinski definition) is 5. The van der Waals surface area contributed by atoms with E-state index < -0.39 is 0 Å². The third kappa shape index (κ3) is 3.36. The highest BCUT2D eigenvalue weighted by Gasteiger charge is 2.43. The number of nitrogens with zero attached hydrogens (tertiary/aromatic N) is 2. The van der Waals surface area contributed by atoms with E-state index in [4.69, 9.17) is 4.74 Å². The molecule has 2 saturated heterocycles. The molecule has 1 N–H and O–H groups in total. The average molecular weight is 391 g/mol. The number of fused-ring (bicyclic) bond motifs is 2. The Labute approximate surface area is 162 Å². The van der Waals surface area contributed by atoms with Crippen LogP contribution in [0.5, 0.6) is 0 Å². The molecule has 3 aliphatic heterocycles. The standard InChI is InChI=1S/C19H25N3O4S/c1-12-10-22(11-17(24)20-12)18(25)16-9-14-15(27-16)3-8-26-19(14)4-6-21(7-5-19)13(2)23/h9,12H,3-8,10-11H2,1-2H3,(H,20,24)/t12-/m0/s1. The van der Waals surface area contributed by atoms with Crippen LogP contribution < -0.4 is 5.32 Å². The molecule has 0 unspecified atom stereocenters. The lowest BCUT2D eigenvalue weighted by atomic mass is 9.82. The number of carbonyl (C=O) groups excluding carboxylic acids is 3. The zero-order chi connectivity index (χ0) is 19.2. The molecule has 4 rings (SSSR count). The van der Waals surface area contributed by atoms with Crippen molar-refractivity contribution in [1.29, 1.82) is 0 Å². The van der Waals surface area contributed by atoms with Crippen LogP contribution in [0.1, 0.15) is 46.8 Å². The molecule has 2 fully saturated rings. The van der Waals surface area contributed by atoms with E-state index in [0.29, 0.717) is 31.1 Å². The van der Waals surface area contributed by atoms with E-state index in [1.165, 1.54) is 16.2 Å². The molecule has 1 atom stereocenters. The van der Waals surface area contributed by atoms with E-state index in [2.05, 4.69) is 5.32 Å². The van der Waals surface area contributed by atoms with Crippen molar-refractivity contribution >= 4 is 29.1 Å². The minimum Gasteiger partial charge on any atom is -0.370 e. The Balaban J connectivity index is 1.57. The first-order valence-electron chi connectivity index (χ1n) is 9.49. The second-order valence-electron chi connectivity index (χ2n) is 7.70. The van der Waals surface area contributed by atoms with Crippen LogP contribution in [0, 0.1) is 0 Å². The van der Waals surface area contributed by atoms with Crippen molar-refractivity contribution in [2.24, 2.45) is 0 Å². The molecule has 0 aliphatic carbocycles. The fraction of sp³-hybridized carbons (Fsp3) is 0.632. The van der Waals surface area contributed by atoms with Gasteiger partial charge in [0, 0.05) is 43.9 Å². The third-order valence-corrected chi connectivity index (χ3v) is 6.94. The summed E-state index contributed by atoms with van der Waals surface area (Å²) >= 11 is 1.53. The third-order valence-electron chi connectivity index (χ3n) is 5.76. The van der Waals surface area contributed by atoms with E-state index in [-0.39, 0.29) is 35.9 Å². The van der Waals surface area contributed by atoms with Crippen LogP contribution >= 0.6 is 11.3 Å². The highest BCUT2D eigenvalue weighted by Crippen LogP contribution is 2.44. The summed E-state index contributed by atoms with van der Waals surface area (Å²) < 4.78 is 6.21. The van der Waals surface area contributed by atoms with Gasteiger partial charge >= 0.3 is 0 Å². The maximum absolute atomic E-state index is 13.0. The molecule has 0 radical (unpaired) electrons. The molecule has 146 valence electrons. The molecular weight excluding hydrogens is 366 g/mol. The van der Waals surface area contributed by atoms with Gasteiger partial charge < -0.3 is 19.9 Å². The molecule has 4 heterocycles. The number of rotatable bonds is 1. The number of piperidine rings is 1. The van der Waals surface area contributed by atoms with Gasteiger partial charge in [-0.25, -0.2) is 0 Å². The smallest absolute Gasteiger partial charge is 0.264 e. The number of piperazine rings is 1. The highest BCUT2D eigenvalue weighted by molar-refractivity contribution is 7.14. The zero-order valence-electron chi connectivity index (χ0n) is 15.7. The number of nitrogens with one attached hydrogen (secondary N) is 1. The number of carbonyl (C=O) groups is 3. The van der Waals surface area contributed by atoms with E-state index in [0.717, 1.165) is 24.8 Å². The van der Waals surface area contributed by atoms with Gasteiger partial charge in [0.25, 0.3) is 5.91 Å². The van der Waals surface area contributed by atoms with Crippen LogP contribution in [0.3, 0.4) is 0 Å². The van der Waals surface area contributed by atoms with Gasteiger partial charge in [-0.1, -0.05) is 0 Å². The highest BCUT2D eigenvalue weighted by atomic mass is 32.1. The van der Waals surface area contributed by atoms with E-state index in [1.54, 1.807) is 11.8 Å². The summed E-state index contributed by atoms with van der Waals surface area (Å²) in [7, 11) is 0. The predicted octanol–water partition coefficient (Wildman–Crippen LogP) is 1.12. The lowest BCUT2D eigenvalue weighted by Crippen LogP contribution is -2.54. The summed E-state index contributed by atoms with van der Waals surface area (Å²) in [4.78, 5) is 41.8. The fourth-order valence-corrected chi connectivity index (χ4v) is 5.56. The van der Waals surface area contributed by atoms with Crippen molar-refractivity contribution in [3.63, 3.8) is 0 Å². The van der Waals surface area contributed by atoms with Crippen molar-refractivity contribution < 1.29 is 19.1 Å². The normalized spacial score (nSPS) is 24.5. The minimum absolute atomic E-state index is 0.0321. The second kappa shape index (κ2) is 6.91. The molecule has 3 aliphatic rings. The van der Waals surface area contributed by atoms with Crippen molar-refractivity contribution in [2.45, 2.75) is 44.8 Å². The molecule has 27 heavy (non-hydrogen) atoms. The summed E-state index contributed by atoms with van der Waals surface area (Å²) in [5.41, 5.74) is 0.723. The summed E-state index contributed by atoms with van der Waals surface area (Å²) in [5.74, 6) is -0.0909. The van der Waals surface area contributed by atoms with Crippen molar-refractivity contribution in [3.8, 4) is 0 Å². The van der Waals surface area contributed by atoms with Crippen LogP contribution in [-0.4, -0.2) is 66.3 Å². The molecule has 0 bridgehead atoms. The molecule has 1 spiro atoms. The second-order valence-corrected chi connectivity index (χ2v) is 8.84. The van der Waals surface area contributed by atoms with Crippen LogP contribution in [-0.2, 0) is 26.3 Å². The predicted molar refractivity (Wildman–Crippen MR) is 101 cm³/mol. The molecular formula is C19H25N3O4S. The van der Waals surface area contributed by atoms with Crippen molar-refractivity contribution in [2.75, 3.05) is 32.8 Å². The molecule has 0 saturated carbocycles. The first-order valence-corrected chi connectivity index (χ1v) is 10.3. The van der Waals surface area contributed by atoms with Gasteiger partial charge in [0.1, 0.15) is 0 Å². The molecule has 3 amide bonds. The Hall–Kier alpha value is -1.93. The van der Waals surface area contributed by atoms with Gasteiger partial charge in [0.05, 0.1) is 23.6 Å². The summed E-state index contributed by atoms with van der Waals surface area (Å²) in [6.07, 6.45) is 2.32. The SMILES string of the molecule is CC(=O)N1CCC2(CC1)OCCc1sc(C(=O)N3CC(=O)N[C@@H](C)C3)cc12. The quantitative estimate of drug-likeness (QED) is 0.778. The monoisotopic (exact) mass is 391 g/mol. The van der Waals surface area contributed by atoms with Crippen LogP contribution in [0.2, 0.25) is 0 Å². The maximum atomic E-state index is 13.0. The topological polar surface area (TPSA) is 79.0 Å². The van der Waals surface area contributed by atoms with Crippen molar-refractivity contribution in [1.82, 2.24) is 15.1 Å². The summed E-state index contributed by atoms with van der Waals surface area (Å²) in [6, 6.07) is 1.94. The maximum Gasteiger partial charge on any atom is 0.264 e. The Morgan fingerprint density at radius 3 is 2.70 bits per heavy atom. The average Bonchev–Trinajstić information content (AvgIpc) is 3.06. The van der Waals surface area contributed by atoms with Crippen LogP contribution in [0.15, 0.2) is 6.07 Å². The largest absolute Gasteiger partial charge is 0.370 e. The molecule has 0 aromatic carbocycles. The number of ether oxygens (including phenoxy) is 1. The van der Waals surface area contributed by atoms with Crippen molar-refractivity contribution in [3.05, 3.63) is 21.4 Å². The van der Waals surface area contributed by atoms with Gasteiger partial charge in [0.2, 0.25) is 11.8 Å². The first-order chi connectivity index (χ1) is 12.9. The zero-order valence-corrected chi connectivity index (χ0v) is 16.6. The van der Waals surface area contributed by atoms with Crippen LogP contribution in [0.25, 0.3) is 0 Å².